The molecule has 3 heteroatoms. The minimum absolute atomic E-state index is 0.284. The predicted octanol–water partition coefficient (Wildman–Crippen LogP) is 2.23. The van der Waals surface area contributed by atoms with Crippen molar-refractivity contribution in [2.45, 2.75) is 33.1 Å². The van der Waals surface area contributed by atoms with E-state index in [1.54, 1.807) is 0 Å². The van der Waals surface area contributed by atoms with Gasteiger partial charge in [-0.05, 0) is 36.5 Å². The number of hydrogen-bond donors (Lipinski definition) is 1. The Morgan fingerprint density at radius 1 is 1.26 bits per heavy atom. The number of piperazine rings is 1. The van der Waals surface area contributed by atoms with Gasteiger partial charge in [-0.2, -0.15) is 0 Å². The van der Waals surface area contributed by atoms with Crippen molar-refractivity contribution < 1.29 is 4.79 Å². The van der Waals surface area contributed by atoms with Gasteiger partial charge >= 0.3 is 0 Å². The largest absolute Gasteiger partial charge is 0.340 e. The Morgan fingerprint density at radius 3 is 2.58 bits per heavy atom. The Kier molecular flexibility index (Phi) is 4.59. The zero-order valence-corrected chi connectivity index (χ0v) is 12.2. The molecule has 104 valence electrons. The lowest BCUT2D eigenvalue weighted by Gasteiger charge is -2.28. The molecule has 0 bridgehead atoms. The fraction of sp³-hybridized carbons (Fsp3) is 0.562. The Balaban J connectivity index is 1.97. The molecule has 2 rings (SSSR count). The lowest BCUT2D eigenvalue weighted by Crippen LogP contribution is -2.46. The molecule has 0 radical (unpaired) electrons. The third-order valence-corrected chi connectivity index (χ3v) is 4.05. The summed E-state index contributed by atoms with van der Waals surface area (Å²) >= 11 is 0. The normalized spacial score (nSPS) is 17.3. The molecule has 0 aliphatic carbocycles. The summed E-state index contributed by atoms with van der Waals surface area (Å²) in [5.74, 6) is 0.578. The van der Waals surface area contributed by atoms with Gasteiger partial charge in [0.15, 0.2) is 0 Å². The molecule has 1 aromatic carbocycles. The molecule has 1 unspecified atom stereocenters. The smallest absolute Gasteiger partial charge is 0.223 e. The highest BCUT2D eigenvalue weighted by Gasteiger charge is 2.19. The van der Waals surface area contributed by atoms with Crippen LogP contribution >= 0.6 is 0 Å². The number of nitrogens with one attached hydrogen (secondary N) is 1. The van der Waals surface area contributed by atoms with E-state index in [9.17, 15) is 4.79 Å². The molecule has 1 fully saturated rings. The summed E-state index contributed by atoms with van der Waals surface area (Å²) in [6.07, 6.45) is 0.614. The minimum Gasteiger partial charge on any atom is -0.340 e. The first kappa shape index (κ1) is 14.1. The second-order valence-electron chi connectivity index (χ2n) is 5.58. The molecule has 1 heterocycles. The first-order chi connectivity index (χ1) is 9.08. The molecule has 0 saturated carbocycles. The number of aryl methyl sites for hydroxylation is 2. The van der Waals surface area contributed by atoms with E-state index in [2.05, 4.69) is 44.3 Å². The van der Waals surface area contributed by atoms with E-state index in [0.717, 1.165) is 26.2 Å². The summed E-state index contributed by atoms with van der Waals surface area (Å²) < 4.78 is 0. The Bertz CT molecular complexity index is 450. The molecule has 3 nitrogen and oxygen atoms in total. The molecule has 1 aliphatic heterocycles. The van der Waals surface area contributed by atoms with Crippen molar-refractivity contribution in [1.82, 2.24) is 10.2 Å². The van der Waals surface area contributed by atoms with Gasteiger partial charge < -0.3 is 10.2 Å². The number of carbonyl (C=O) groups is 1. The van der Waals surface area contributed by atoms with E-state index in [4.69, 9.17) is 0 Å². The van der Waals surface area contributed by atoms with Crippen LogP contribution in [0.5, 0.6) is 0 Å². The molecule has 1 saturated heterocycles. The van der Waals surface area contributed by atoms with E-state index in [0.29, 0.717) is 12.3 Å². The number of rotatable bonds is 3. The van der Waals surface area contributed by atoms with Gasteiger partial charge in [0.25, 0.3) is 0 Å². The summed E-state index contributed by atoms with van der Waals surface area (Å²) in [6, 6.07) is 6.51. The van der Waals surface area contributed by atoms with Crippen LogP contribution in [0.2, 0.25) is 0 Å². The molecule has 0 aromatic heterocycles. The maximum absolute atomic E-state index is 12.2. The molecule has 1 N–H and O–H groups in total. The number of carbonyl (C=O) groups excluding carboxylic acids is 1. The summed E-state index contributed by atoms with van der Waals surface area (Å²) in [7, 11) is 0. The van der Waals surface area contributed by atoms with Gasteiger partial charge in [-0.3, -0.25) is 4.79 Å². The zero-order chi connectivity index (χ0) is 13.8. The summed E-state index contributed by atoms with van der Waals surface area (Å²) in [6.45, 7) is 9.92. The molecule has 1 atom stereocenters. The summed E-state index contributed by atoms with van der Waals surface area (Å²) in [4.78, 5) is 14.2. The van der Waals surface area contributed by atoms with Crippen molar-refractivity contribution in [3.8, 4) is 0 Å². The van der Waals surface area contributed by atoms with Crippen molar-refractivity contribution in [3.05, 3.63) is 34.9 Å². The lowest BCUT2D eigenvalue weighted by molar-refractivity contribution is -0.132. The molecular formula is C16H24N2O. The van der Waals surface area contributed by atoms with E-state index < -0.39 is 0 Å². The van der Waals surface area contributed by atoms with E-state index >= 15 is 0 Å². The SMILES string of the molecule is Cc1ccc(C(C)CC(=O)N2CCNCC2)cc1C. The number of hydrogen-bond acceptors (Lipinski definition) is 2. The van der Waals surface area contributed by atoms with Crippen LogP contribution in [0.4, 0.5) is 0 Å². The second kappa shape index (κ2) is 6.20. The van der Waals surface area contributed by atoms with Crippen LogP contribution in [-0.4, -0.2) is 37.0 Å². The fourth-order valence-electron chi connectivity index (χ4n) is 2.49. The van der Waals surface area contributed by atoms with Crippen LogP contribution < -0.4 is 5.32 Å². The standard InChI is InChI=1S/C16H24N2O/c1-12-4-5-15(10-13(12)2)14(3)11-16(19)18-8-6-17-7-9-18/h4-5,10,14,17H,6-9,11H2,1-3H3. The van der Waals surface area contributed by atoms with Crippen LogP contribution in [-0.2, 0) is 4.79 Å². The lowest BCUT2D eigenvalue weighted by atomic mass is 9.94. The average Bonchev–Trinajstić information content (AvgIpc) is 2.42. The van der Waals surface area contributed by atoms with Crippen LogP contribution in [0.15, 0.2) is 18.2 Å². The van der Waals surface area contributed by atoms with Crippen LogP contribution in [0, 0.1) is 13.8 Å². The van der Waals surface area contributed by atoms with Gasteiger partial charge in [-0.25, -0.2) is 0 Å². The van der Waals surface area contributed by atoms with Gasteiger partial charge in [-0.1, -0.05) is 25.1 Å². The monoisotopic (exact) mass is 260 g/mol. The van der Waals surface area contributed by atoms with Crippen molar-refractivity contribution in [1.29, 1.82) is 0 Å². The molecule has 1 aliphatic rings. The fourth-order valence-corrected chi connectivity index (χ4v) is 2.49. The Morgan fingerprint density at radius 2 is 1.95 bits per heavy atom. The third kappa shape index (κ3) is 3.57. The molecular weight excluding hydrogens is 236 g/mol. The van der Waals surface area contributed by atoms with Crippen LogP contribution in [0.1, 0.15) is 36.0 Å². The summed E-state index contributed by atoms with van der Waals surface area (Å²) in [5, 5.41) is 3.27. The second-order valence-corrected chi connectivity index (χ2v) is 5.58. The first-order valence-electron chi connectivity index (χ1n) is 7.13. The van der Waals surface area contributed by atoms with Crippen molar-refractivity contribution in [2.24, 2.45) is 0 Å². The molecule has 1 amide bonds. The van der Waals surface area contributed by atoms with Crippen molar-refractivity contribution in [3.63, 3.8) is 0 Å². The third-order valence-electron chi connectivity index (χ3n) is 4.05. The van der Waals surface area contributed by atoms with Crippen LogP contribution in [0.3, 0.4) is 0 Å². The highest BCUT2D eigenvalue weighted by atomic mass is 16.2. The highest BCUT2D eigenvalue weighted by Crippen LogP contribution is 2.22. The maximum Gasteiger partial charge on any atom is 0.223 e. The van der Waals surface area contributed by atoms with E-state index in [1.165, 1.54) is 16.7 Å². The molecule has 0 spiro atoms. The maximum atomic E-state index is 12.2. The van der Waals surface area contributed by atoms with Gasteiger partial charge in [0.05, 0.1) is 0 Å². The van der Waals surface area contributed by atoms with Crippen molar-refractivity contribution >= 4 is 5.91 Å². The Labute approximate surface area is 116 Å². The molecule has 19 heavy (non-hydrogen) atoms. The average molecular weight is 260 g/mol. The predicted molar refractivity (Wildman–Crippen MR) is 78.4 cm³/mol. The quantitative estimate of drug-likeness (QED) is 0.904. The van der Waals surface area contributed by atoms with E-state index in [-0.39, 0.29) is 5.91 Å². The number of amides is 1. The Hall–Kier alpha value is -1.35. The van der Waals surface area contributed by atoms with Crippen molar-refractivity contribution in [2.75, 3.05) is 26.2 Å². The van der Waals surface area contributed by atoms with Crippen LogP contribution in [0.25, 0.3) is 0 Å². The molecule has 1 aromatic rings. The van der Waals surface area contributed by atoms with Gasteiger partial charge in [0.1, 0.15) is 0 Å². The van der Waals surface area contributed by atoms with Gasteiger partial charge in [0, 0.05) is 32.6 Å². The van der Waals surface area contributed by atoms with E-state index in [1.807, 2.05) is 4.90 Å². The minimum atomic E-state index is 0.284. The zero-order valence-electron chi connectivity index (χ0n) is 12.2. The topological polar surface area (TPSA) is 32.3 Å². The number of benzene rings is 1. The number of nitrogens with zero attached hydrogens (tertiary/aromatic N) is 1. The van der Waals surface area contributed by atoms with Gasteiger partial charge in [0.2, 0.25) is 5.91 Å². The van der Waals surface area contributed by atoms with Gasteiger partial charge in [-0.15, -0.1) is 0 Å². The summed E-state index contributed by atoms with van der Waals surface area (Å²) in [5.41, 5.74) is 3.88. The first-order valence-corrected chi connectivity index (χ1v) is 7.13. The highest BCUT2D eigenvalue weighted by molar-refractivity contribution is 5.77.